The molecule has 4 aromatic rings. The topological polar surface area (TPSA) is 51.6 Å². The molecule has 0 aliphatic carbocycles. The van der Waals surface area contributed by atoms with Gasteiger partial charge in [0.05, 0.1) is 10.2 Å². The van der Waals surface area contributed by atoms with Gasteiger partial charge in [-0.15, -0.1) is 11.3 Å². The number of nitrogens with zero attached hydrogens (tertiary/aromatic N) is 4. The third-order valence-electron chi connectivity index (χ3n) is 3.19. The van der Waals surface area contributed by atoms with Crippen molar-refractivity contribution in [2.75, 3.05) is 0 Å². The highest BCUT2D eigenvalue weighted by atomic mass is 32.2. The molecule has 1 aromatic carbocycles. The largest absolute Gasteiger partial charge is 0.253 e. The Morgan fingerprint density at radius 1 is 0.957 bits per heavy atom. The van der Waals surface area contributed by atoms with Crippen molar-refractivity contribution in [3.8, 4) is 11.5 Å². The maximum atomic E-state index is 4.65. The smallest absolute Gasteiger partial charge is 0.179 e. The number of fused-ring (bicyclic) bond motifs is 1. The van der Waals surface area contributed by atoms with E-state index >= 15 is 0 Å². The fourth-order valence-corrected chi connectivity index (χ4v) is 4.26. The molecule has 3 heterocycles. The number of aromatic nitrogens is 4. The average molecular weight is 336 g/mol. The van der Waals surface area contributed by atoms with Gasteiger partial charge in [0.2, 0.25) is 0 Å². The highest BCUT2D eigenvalue weighted by Crippen LogP contribution is 2.34. The van der Waals surface area contributed by atoms with Crippen molar-refractivity contribution in [1.29, 1.82) is 0 Å². The number of aryl methyl sites for hydroxylation is 1. The molecule has 0 saturated heterocycles. The van der Waals surface area contributed by atoms with Crippen molar-refractivity contribution >= 4 is 33.3 Å². The van der Waals surface area contributed by atoms with Gasteiger partial charge >= 0.3 is 0 Å². The van der Waals surface area contributed by atoms with Crippen LogP contribution in [0.4, 0.5) is 0 Å². The van der Waals surface area contributed by atoms with E-state index in [-0.39, 0.29) is 0 Å². The van der Waals surface area contributed by atoms with Crippen LogP contribution in [0.2, 0.25) is 0 Å². The average Bonchev–Trinajstić information content (AvgIpc) is 2.97. The molecule has 6 heteroatoms. The fourth-order valence-electron chi connectivity index (χ4n) is 2.19. The highest BCUT2D eigenvalue weighted by molar-refractivity contribution is 8.01. The van der Waals surface area contributed by atoms with Crippen LogP contribution in [0.25, 0.3) is 21.7 Å². The van der Waals surface area contributed by atoms with Crippen molar-refractivity contribution in [2.24, 2.45) is 0 Å². The molecule has 4 nitrogen and oxygen atoms in total. The van der Waals surface area contributed by atoms with Crippen LogP contribution in [0.3, 0.4) is 0 Å². The van der Waals surface area contributed by atoms with Gasteiger partial charge in [-0.1, -0.05) is 18.2 Å². The van der Waals surface area contributed by atoms with Gasteiger partial charge in [0.1, 0.15) is 10.7 Å². The van der Waals surface area contributed by atoms with Crippen molar-refractivity contribution < 1.29 is 0 Å². The number of para-hydroxylation sites is 1. The van der Waals surface area contributed by atoms with Crippen molar-refractivity contribution in [3.63, 3.8) is 0 Å². The number of thiazole rings is 1. The lowest BCUT2D eigenvalue weighted by Gasteiger charge is -2.03. The van der Waals surface area contributed by atoms with E-state index < -0.39 is 0 Å². The first kappa shape index (κ1) is 14.3. The van der Waals surface area contributed by atoms with Crippen LogP contribution < -0.4 is 0 Å². The van der Waals surface area contributed by atoms with Crippen LogP contribution in [-0.4, -0.2) is 19.9 Å². The molecule has 112 valence electrons. The zero-order valence-electron chi connectivity index (χ0n) is 12.3. The summed E-state index contributed by atoms with van der Waals surface area (Å²) >= 11 is 3.24. The van der Waals surface area contributed by atoms with E-state index in [0.717, 1.165) is 26.3 Å². The van der Waals surface area contributed by atoms with E-state index in [1.54, 1.807) is 29.3 Å². The van der Waals surface area contributed by atoms with Crippen molar-refractivity contribution in [3.05, 3.63) is 60.4 Å². The number of pyridine rings is 1. The molecular weight excluding hydrogens is 324 g/mol. The van der Waals surface area contributed by atoms with Gasteiger partial charge in [0.25, 0.3) is 0 Å². The Morgan fingerprint density at radius 3 is 2.65 bits per heavy atom. The van der Waals surface area contributed by atoms with Gasteiger partial charge in [0, 0.05) is 11.9 Å². The predicted molar refractivity (Wildman–Crippen MR) is 93.7 cm³/mol. The predicted octanol–water partition coefficient (Wildman–Crippen LogP) is 4.61. The first-order chi connectivity index (χ1) is 11.3. The minimum atomic E-state index is 0.647. The molecule has 0 aliphatic rings. The lowest BCUT2D eigenvalue weighted by atomic mass is 10.3. The monoisotopic (exact) mass is 336 g/mol. The molecule has 0 spiro atoms. The molecular formula is C17H12N4S2. The molecule has 3 aromatic heterocycles. The maximum absolute atomic E-state index is 4.65. The molecule has 0 radical (unpaired) electrons. The van der Waals surface area contributed by atoms with Gasteiger partial charge in [0.15, 0.2) is 10.2 Å². The molecule has 0 bridgehead atoms. The zero-order valence-corrected chi connectivity index (χ0v) is 13.9. The lowest BCUT2D eigenvalue weighted by Crippen LogP contribution is -1.95. The van der Waals surface area contributed by atoms with Crippen molar-refractivity contribution in [1.82, 2.24) is 19.9 Å². The van der Waals surface area contributed by atoms with E-state index in [1.165, 1.54) is 4.70 Å². The normalized spacial score (nSPS) is 11.0. The Bertz CT molecular complexity index is 934. The first-order valence-electron chi connectivity index (χ1n) is 7.08. The minimum absolute atomic E-state index is 0.647. The van der Waals surface area contributed by atoms with Crippen molar-refractivity contribution in [2.45, 2.75) is 16.3 Å². The summed E-state index contributed by atoms with van der Waals surface area (Å²) in [5.74, 6) is 0.647. The van der Waals surface area contributed by atoms with Crippen LogP contribution in [0, 0.1) is 6.92 Å². The summed E-state index contributed by atoms with van der Waals surface area (Å²) in [4.78, 5) is 18.1. The Balaban J connectivity index is 1.70. The van der Waals surface area contributed by atoms with Gasteiger partial charge in [-0.05, 0) is 49.0 Å². The first-order valence-corrected chi connectivity index (χ1v) is 8.72. The molecule has 0 N–H and O–H groups in total. The molecule has 0 amide bonds. The van der Waals surface area contributed by atoms with E-state index in [1.807, 2.05) is 49.4 Å². The van der Waals surface area contributed by atoms with E-state index in [0.29, 0.717) is 5.82 Å². The second-order valence-electron chi connectivity index (χ2n) is 4.94. The van der Waals surface area contributed by atoms with E-state index in [2.05, 4.69) is 26.0 Å². The Labute approximate surface area is 141 Å². The highest BCUT2D eigenvalue weighted by Gasteiger charge is 2.10. The summed E-state index contributed by atoms with van der Waals surface area (Å²) < 4.78 is 2.17. The third-order valence-corrected chi connectivity index (χ3v) is 5.21. The second-order valence-corrected chi connectivity index (χ2v) is 7.23. The fraction of sp³-hybridized carbons (Fsp3) is 0.0588. The Morgan fingerprint density at radius 2 is 1.83 bits per heavy atom. The van der Waals surface area contributed by atoms with Gasteiger partial charge in [-0.3, -0.25) is 4.98 Å². The quantitative estimate of drug-likeness (QED) is 0.511. The zero-order chi connectivity index (χ0) is 15.6. The molecule has 23 heavy (non-hydrogen) atoms. The summed E-state index contributed by atoms with van der Waals surface area (Å²) in [6.45, 7) is 1.97. The molecule has 0 unspecified atom stereocenters. The Kier molecular flexibility index (Phi) is 3.77. The molecule has 0 saturated carbocycles. The Hall–Kier alpha value is -2.31. The van der Waals surface area contributed by atoms with Crippen LogP contribution >= 0.6 is 23.1 Å². The number of benzene rings is 1. The van der Waals surface area contributed by atoms with Gasteiger partial charge < -0.3 is 0 Å². The van der Waals surface area contributed by atoms with E-state index in [9.17, 15) is 0 Å². The van der Waals surface area contributed by atoms with E-state index in [4.69, 9.17) is 0 Å². The number of hydrogen-bond acceptors (Lipinski definition) is 6. The summed E-state index contributed by atoms with van der Waals surface area (Å²) in [6, 6.07) is 15.9. The molecule has 4 rings (SSSR count). The maximum Gasteiger partial charge on any atom is 0.179 e. The lowest BCUT2D eigenvalue weighted by molar-refractivity contribution is 1.00. The molecule has 0 fully saturated rings. The number of rotatable bonds is 3. The third kappa shape index (κ3) is 3.09. The molecule has 0 aliphatic heterocycles. The molecule has 0 atom stereocenters. The van der Waals surface area contributed by atoms with Crippen LogP contribution in [0.1, 0.15) is 5.69 Å². The SMILES string of the molecule is Cc1cc(Sc2nc3ccccc3s2)nc(-c2ccccn2)n1. The standard InChI is InChI=1S/C17H12N4S2/c1-11-10-15(21-16(19-11)13-7-4-5-9-18-13)23-17-20-12-6-2-3-8-14(12)22-17/h2-10H,1H3. The summed E-state index contributed by atoms with van der Waals surface area (Å²) in [7, 11) is 0. The summed E-state index contributed by atoms with van der Waals surface area (Å²) in [5, 5.41) is 0.886. The second kappa shape index (κ2) is 6.06. The van der Waals surface area contributed by atoms with Gasteiger partial charge in [-0.25, -0.2) is 15.0 Å². The van der Waals surface area contributed by atoms with Gasteiger partial charge in [-0.2, -0.15) is 0 Å². The van der Waals surface area contributed by atoms with Crippen LogP contribution in [0.5, 0.6) is 0 Å². The van der Waals surface area contributed by atoms with Crippen LogP contribution in [-0.2, 0) is 0 Å². The summed E-state index contributed by atoms with van der Waals surface area (Å²) in [6.07, 6.45) is 1.75. The minimum Gasteiger partial charge on any atom is -0.253 e. The number of hydrogen-bond donors (Lipinski definition) is 0. The summed E-state index contributed by atoms with van der Waals surface area (Å²) in [5.41, 5.74) is 2.72. The van der Waals surface area contributed by atoms with Crippen LogP contribution in [0.15, 0.2) is 64.1 Å².